The van der Waals surface area contributed by atoms with Crippen LogP contribution in [0.15, 0.2) is 24.3 Å². The van der Waals surface area contributed by atoms with Crippen LogP contribution in [-0.4, -0.2) is 34.8 Å². The SMILES string of the molecule is COc1ccc(CC(=O)N2C3CCC2CC(Br)C3)cc1. The summed E-state index contributed by atoms with van der Waals surface area (Å²) in [7, 11) is 1.66. The zero-order chi connectivity index (χ0) is 14.1. The summed E-state index contributed by atoms with van der Waals surface area (Å²) in [6.07, 6.45) is 5.04. The van der Waals surface area contributed by atoms with E-state index in [0.717, 1.165) is 24.2 Å². The third-order valence-corrected chi connectivity index (χ3v) is 5.23. The van der Waals surface area contributed by atoms with Crippen LogP contribution in [0.1, 0.15) is 31.2 Å². The minimum Gasteiger partial charge on any atom is -0.497 e. The van der Waals surface area contributed by atoms with Gasteiger partial charge in [0.25, 0.3) is 0 Å². The van der Waals surface area contributed by atoms with Gasteiger partial charge in [0, 0.05) is 16.9 Å². The number of carbonyl (C=O) groups is 1. The van der Waals surface area contributed by atoms with E-state index in [2.05, 4.69) is 20.8 Å². The molecule has 4 heteroatoms. The summed E-state index contributed by atoms with van der Waals surface area (Å²) in [5.74, 6) is 1.11. The van der Waals surface area contributed by atoms with Gasteiger partial charge in [-0.05, 0) is 43.4 Å². The van der Waals surface area contributed by atoms with Crippen LogP contribution in [0.5, 0.6) is 5.75 Å². The quantitative estimate of drug-likeness (QED) is 0.793. The van der Waals surface area contributed by atoms with Crippen molar-refractivity contribution >= 4 is 21.8 Å². The highest BCUT2D eigenvalue weighted by molar-refractivity contribution is 9.09. The number of alkyl halides is 1. The molecule has 0 aliphatic carbocycles. The minimum absolute atomic E-state index is 0.280. The van der Waals surface area contributed by atoms with E-state index in [0.29, 0.717) is 23.3 Å². The molecule has 0 saturated carbocycles. The average molecular weight is 338 g/mol. The number of hydrogen-bond acceptors (Lipinski definition) is 2. The molecule has 2 aliphatic heterocycles. The number of halogens is 1. The second-order valence-corrected chi connectivity index (χ2v) is 7.07. The number of ether oxygens (including phenoxy) is 1. The Labute approximate surface area is 128 Å². The van der Waals surface area contributed by atoms with Gasteiger partial charge in [0.2, 0.25) is 5.91 Å². The molecular weight excluding hydrogens is 318 g/mol. The van der Waals surface area contributed by atoms with E-state index in [1.54, 1.807) is 7.11 Å². The smallest absolute Gasteiger partial charge is 0.227 e. The fourth-order valence-corrected chi connectivity index (χ4v) is 4.39. The van der Waals surface area contributed by atoms with Gasteiger partial charge in [-0.15, -0.1) is 0 Å². The van der Waals surface area contributed by atoms with Crippen LogP contribution in [0.4, 0.5) is 0 Å². The molecule has 1 amide bonds. The lowest BCUT2D eigenvalue weighted by molar-refractivity contribution is -0.134. The molecular formula is C16H20BrNO2. The van der Waals surface area contributed by atoms with Gasteiger partial charge in [-0.25, -0.2) is 0 Å². The molecule has 2 aliphatic rings. The zero-order valence-corrected chi connectivity index (χ0v) is 13.3. The molecule has 20 heavy (non-hydrogen) atoms. The number of benzene rings is 1. The van der Waals surface area contributed by atoms with Crippen molar-refractivity contribution in [1.82, 2.24) is 4.90 Å². The van der Waals surface area contributed by atoms with Crippen LogP contribution >= 0.6 is 15.9 Å². The Morgan fingerprint density at radius 2 is 1.85 bits per heavy atom. The van der Waals surface area contributed by atoms with Crippen molar-refractivity contribution in [2.45, 2.75) is 49.0 Å². The third kappa shape index (κ3) is 2.71. The summed E-state index contributed by atoms with van der Waals surface area (Å²) in [5, 5.41) is 0. The summed E-state index contributed by atoms with van der Waals surface area (Å²) >= 11 is 3.72. The predicted molar refractivity (Wildman–Crippen MR) is 82.3 cm³/mol. The monoisotopic (exact) mass is 337 g/mol. The molecule has 0 radical (unpaired) electrons. The van der Waals surface area contributed by atoms with Crippen molar-refractivity contribution in [3.8, 4) is 5.75 Å². The molecule has 3 nitrogen and oxygen atoms in total. The van der Waals surface area contributed by atoms with Crippen molar-refractivity contribution in [2.75, 3.05) is 7.11 Å². The Balaban J connectivity index is 1.67. The second kappa shape index (κ2) is 5.76. The van der Waals surface area contributed by atoms with E-state index in [1.807, 2.05) is 24.3 Å². The van der Waals surface area contributed by atoms with Crippen LogP contribution in [-0.2, 0) is 11.2 Å². The van der Waals surface area contributed by atoms with Crippen molar-refractivity contribution in [1.29, 1.82) is 0 Å². The van der Waals surface area contributed by atoms with Gasteiger partial charge in [-0.2, -0.15) is 0 Å². The molecule has 2 bridgehead atoms. The zero-order valence-electron chi connectivity index (χ0n) is 11.7. The number of methoxy groups -OCH3 is 1. The van der Waals surface area contributed by atoms with Gasteiger partial charge in [0.05, 0.1) is 13.5 Å². The van der Waals surface area contributed by atoms with Crippen molar-refractivity contribution in [3.05, 3.63) is 29.8 Å². The highest BCUT2D eigenvalue weighted by Crippen LogP contribution is 2.38. The summed E-state index contributed by atoms with van der Waals surface area (Å²) < 4.78 is 5.15. The summed E-state index contributed by atoms with van der Waals surface area (Å²) in [6.45, 7) is 0. The first-order valence-corrected chi connectivity index (χ1v) is 8.17. The Morgan fingerprint density at radius 1 is 1.25 bits per heavy atom. The standard InChI is InChI=1S/C16H20BrNO2/c1-20-15-6-2-11(3-7-15)8-16(19)18-13-4-5-14(18)10-12(17)9-13/h2-3,6-7,12-14H,4-5,8-10H2,1H3. The lowest BCUT2D eigenvalue weighted by Crippen LogP contribution is -2.47. The van der Waals surface area contributed by atoms with Gasteiger partial charge >= 0.3 is 0 Å². The highest BCUT2D eigenvalue weighted by atomic mass is 79.9. The largest absolute Gasteiger partial charge is 0.497 e. The number of nitrogens with zero attached hydrogens (tertiary/aromatic N) is 1. The molecule has 2 atom stereocenters. The molecule has 108 valence electrons. The van der Waals surface area contributed by atoms with Gasteiger partial charge in [-0.3, -0.25) is 4.79 Å². The molecule has 2 unspecified atom stereocenters. The molecule has 0 N–H and O–H groups in total. The van der Waals surface area contributed by atoms with Crippen molar-refractivity contribution in [3.63, 3.8) is 0 Å². The number of hydrogen-bond donors (Lipinski definition) is 0. The Morgan fingerprint density at radius 3 is 2.40 bits per heavy atom. The van der Waals surface area contributed by atoms with E-state index < -0.39 is 0 Å². The summed E-state index contributed by atoms with van der Waals surface area (Å²) in [6, 6.07) is 8.70. The molecule has 1 aromatic rings. The maximum atomic E-state index is 12.6. The first kappa shape index (κ1) is 13.9. The van der Waals surface area contributed by atoms with E-state index in [-0.39, 0.29) is 5.91 Å². The third-order valence-electron chi connectivity index (χ3n) is 4.48. The minimum atomic E-state index is 0.280. The van der Waals surface area contributed by atoms with E-state index in [4.69, 9.17) is 4.74 Å². The fourth-order valence-electron chi connectivity index (χ4n) is 3.53. The fraction of sp³-hybridized carbons (Fsp3) is 0.562. The Hall–Kier alpha value is -1.03. The van der Waals surface area contributed by atoms with Gasteiger partial charge < -0.3 is 9.64 Å². The number of carbonyl (C=O) groups excluding carboxylic acids is 1. The molecule has 3 rings (SSSR count). The van der Waals surface area contributed by atoms with E-state index in [1.165, 1.54) is 12.8 Å². The number of amides is 1. The lowest BCUT2D eigenvalue weighted by atomic mass is 10.0. The summed E-state index contributed by atoms with van der Waals surface area (Å²) in [4.78, 5) is 15.3. The Kier molecular flexibility index (Phi) is 4.01. The van der Waals surface area contributed by atoms with Gasteiger partial charge in [0.1, 0.15) is 5.75 Å². The molecule has 2 saturated heterocycles. The topological polar surface area (TPSA) is 29.5 Å². The van der Waals surface area contributed by atoms with Crippen molar-refractivity contribution < 1.29 is 9.53 Å². The predicted octanol–water partition coefficient (Wildman–Crippen LogP) is 3.15. The summed E-state index contributed by atoms with van der Waals surface area (Å²) in [5.41, 5.74) is 1.07. The van der Waals surface area contributed by atoms with Crippen LogP contribution in [0.25, 0.3) is 0 Å². The van der Waals surface area contributed by atoms with E-state index in [9.17, 15) is 4.79 Å². The number of fused-ring (bicyclic) bond motifs is 2. The molecule has 0 aromatic heterocycles. The first-order valence-electron chi connectivity index (χ1n) is 7.25. The molecule has 0 spiro atoms. The lowest BCUT2D eigenvalue weighted by Gasteiger charge is -2.37. The van der Waals surface area contributed by atoms with Crippen LogP contribution in [0, 0.1) is 0 Å². The van der Waals surface area contributed by atoms with Gasteiger partial charge in [0.15, 0.2) is 0 Å². The van der Waals surface area contributed by atoms with Crippen LogP contribution < -0.4 is 4.74 Å². The molecule has 2 fully saturated rings. The van der Waals surface area contributed by atoms with E-state index >= 15 is 0 Å². The maximum absolute atomic E-state index is 12.6. The van der Waals surface area contributed by atoms with Crippen LogP contribution in [0.3, 0.4) is 0 Å². The average Bonchev–Trinajstić information content (AvgIpc) is 2.72. The Bertz CT molecular complexity index is 474. The van der Waals surface area contributed by atoms with Crippen molar-refractivity contribution in [2.24, 2.45) is 0 Å². The van der Waals surface area contributed by atoms with Crippen LogP contribution in [0.2, 0.25) is 0 Å². The molecule has 2 heterocycles. The molecule has 1 aromatic carbocycles. The first-order chi connectivity index (χ1) is 9.67. The highest BCUT2D eigenvalue weighted by Gasteiger charge is 2.42. The maximum Gasteiger partial charge on any atom is 0.227 e. The normalized spacial score (nSPS) is 28.5. The second-order valence-electron chi connectivity index (χ2n) is 5.78. The number of piperidine rings is 1. The van der Waals surface area contributed by atoms with Gasteiger partial charge in [-0.1, -0.05) is 28.1 Å². The number of rotatable bonds is 3.